The topological polar surface area (TPSA) is 124 Å². The SMILES string of the molecule is O=C(O)C(=O)O.O=[N+]([O-])c1ccccc1CN1CCC(N2CCc3ccccc3C2)CC1. The number of carbonyl (C=O) groups is 2. The van der Waals surface area contributed by atoms with Gasteiger partial charge in [-0.3, -0.25) is 19.9 Å². The number of nitrogens with zero attached hydrogens (tertiary/aromatic N) is 3. The maximum absolute atomic E-state index is 11.2. The first-order valence-corrected chi connectivity index (χ1v) is 10.6. The maximum atomic E-state index is 11.2. The van der Waals surface area contributed by atoms with E-state index in [1.54, 1.807) is 12.1 Å². The number of nitro groups is 1. The molecule has 0 saturated carbocycles. The van der Waals surface area contributed by atoms with Crippen LogP contribution in [0.25, 0.3) is 0 Å². The number of hydrogen-bond donors (Lipinski definition) is 2. The van der Waals surface area contributed by atoms with Gasteiger partial charge in [0.15, 0.2) is 0 Å². The number of hydrogen-bond acceptors (Lipinski definition) is 6. The van der Waals surface area contributed by atoms with E-state index in [0.717, 1.165) is 51.0 Å². The zero-order valence-electron chi connectivity index (χ0n) is 17.7. The number of likely N-dealkylation sites (tertiary alicyclic amines) is 1. The molecule has 2 aliphatic heterocycles. The number of nitro benzene ring substituents is 1. The Morgan fingerprint density at radius 2 is 1.53 bits per heavy atom. The van der Waals surface area contributed by atoms with E-state index in [4.69, 9.17) is 19.8 Å². The van der Waals surface area contributed by atoms with Crippen molar-refractivity contribution >= 4 is 17.6 Å². The van der Waals surface area contributed by atoms with Gasteiger partial charge in [-0.05, 0) is 43.5 Å². The molecule has 0 aromatic heterocycles. The fourth-order valence-corrected chi connectivity index (χ4v) is 4.34. The first kappa shape index (κ1) is 23.4. The quantitative estimate of drug-likeness (QED) is 0.422. The molecule has 32 heavy (non-hydrogen) atoms. The third-order valence-corrected chi connectivity index (χ3v) is 6.00. The first-order valence-electron chi connectivity index (χ1n) is 10.6. The van der Waals surface area contributed by atoms with Crippen molar-refractivity contribution in [3.8, 4) is 0 Å². The summed E-state index contributed by atoms with van der Waals surface area (Å²) >= 11 is 0. The summed E-state index contributed by atoms with van der Waals surface area (Å²) in [4.78, 5) is 34.1. The highest BCUT2D eigenvalue weighted by Crippen LogP contribution is 2.26. The third-order valence-electron chi connectivity index (χ3n) is 6.00. The molecule has 0 radical (unpaired) electrons. The van der Waals surface area contributed by atoms with Crippen molar-refractivity contribution in [2.24, 2.45) is 0 Å². The van der Waals surface area contributed by atoms with Crippen LogP contribution < -0.4 is 0 Å². The van der Waals surface area contributed by atoms with Gasteiger partial charge < -0.3 is 10.2 Å². The van der Waals surface area contributed by atoms with E-state index in [-0.39, 0.29) is 10.6 Å². The fraction of sp³-hybridized carbons (Fsp3) is 0.391. The van der Waals surface area contributed by atoms with Crippen molar-refractivity contribution in [2.75, 3.05) is 19.6 Å². The lowest BCUT2D eigenvalue weighted by atomic mass is 9.95. The monoisotopic (exact) mass is 441 g/mol. The third kappa shape index (κ3) is 6.12. The van der Waals surface area contributed by atoms with Crippen molar-refractivity contribution < 1.29 is 24.7 Å². The fourth-order valence-electron chi connectivity index (χ4n) is 4.34. The largest absolute Gasteiger partial charge is 0.473 e. The molecule has 0 aliphatic carbocycles. The number of rotatable bonds is 4. The Kier molecular flexibility index (Phi) is 7.91. The van der Waals surface area contributed by atoms with Gasteiger partial charge in [-0.1, -0.05) is 42.5 Å². The Bertz CT molecular complexity index is 960. The molecule has 9 heteroatoms. The smallest absolute Gasteiger partial charge is 0.414 e. The lowest BCUT2D eigenvalue weighted by Crippen LogP contribution is -2.46. The minimum Gasteiger partial charge on any atom is -0.473 e. The van der Waals surface area contributed by atoms with Gasteiger partial charge in [-0.15, -0.1) is 0 Å². The van der Waals surface area contributed by atoms with Gasteiger partial charge in [0.25, 0.3) is 5.69 Å². The number of fused-ring (bicyclic) bond motifs is 1. The van der Waals surface area contributed by atoms with Crippen LogP contribution in [0.4, 0.5) is 5.69 Å². The summed E-state index contributed by atoms with van der Waals surface area (Å²) in [6, 6.07) is 16.5. The van der Waals surface area contributed by atoms with E-state index in [1.165, 1.54) is 11.1 Å². The van der Waals surface area contributed by atoms with Crippen LogP contribution in [0, 0.1) is 10.1 Å². The average molecular weight is 441 g/mol. The molecule has 0 atom stereocenters. The molecule has 1 fully saturated rings. The maximum Gasteiger partial charge on any atom is 0.414 e. The lowest BCUT2D eigenvalue weighted by Gasteiger charge is -2.40. The van der Waals surface area contributed by atoms with Crippen LogP contribution in [0.5, 0.6) is 0 Å². The van der Waals surface area contributed by atoms with Crippen LogP contribution >= 0.6 is 0 Å². The van der Waals surface area contributed by atoms with E-state index in [1.807, 2.05) is 12.1 Å². The molecule has 9 nitrogen and oxygen atoms in total. The minimum absolute atomic E-state index is 0.238. The normalized spacial score (nSPS) is 17.0. The van der Waals surface area contributed by atoms with Crippen molar-refractivity contribution in [1.29, 1.82) is 0 Å². The molecule has 2 aliphatic rings. The highest BCUT2D eigenvalue weighted by Gasteiger charge is 2.28. The number of piperidine rings is 1. The van der Waals surface area contributed by atoms with Crippen LogP contribution in [0.15, 0.2) is 48.5 Å². The van der Waals surface area contributed by atoms with Crippen molar-refractivity contribution in [1.82, 2.24) is 9.80 Å². The van der Waals surface area contributed by atoms with E-state index < -0.39 is 11.9 Å². The van der Waals surface area contributed by atoms with Crippen LogP contribution in [0.3, 0.4) is 0 Å². The molecule has 0 spiro atoms. The lowest BCUT2D eigenvalue weighted by molar-refractivity contribution is -0.385. The molecule has 1 saturated heterocycles. The Morgan fingerprint density at radius 3 is 2.16 bits per heavy atom. The molecule has 2 heterocycles. The van der Waals surface area contributed by atoms with Crippen LogP contribution in [0.1, 0.15) is 29.5 Å². The molecule has 0 unspecified atom stereocenters. The number of aliphatic carboxylic acids is 2. The summed E-state index contributed by atoms with van der Waals surface area (Å²) < 4.78 is 0. The van der Waals surface area contributed by atoms with Gasteiger partial charge in [0.05, 0.1) is 4.92 Å². The number of carboxylic acid groups (broad SMARTS) is 2. The molecular weight excluding hydrogens is 414 g/mol. The molecule has 2 aromatic rings. The Morgan fingerprint density at radius 1 is 0.938 bits per heavy atom. The molecule has 170 valence electrons. The Labute approximate surface area is 186 Å². The summed E-state index contributed by atoms with van der Waals surface area (Å²) in [5.41, 5.74) is 4.03. The second-order valence-electron chi connectivity index (χ2n) is 7.99. The molecule has 2 aromatic carbocycles. The van der Waals surface area contributed by atoms with Gasteiger partial charge in [0, 0.05) is 37.3 Å². The van der Waals surface area contributed by atoms with Crippen LogP contribution in [-0.2, 0) is 29.1 Å². The predicted molar refractivity (Wildman–Crippen MR) is 117 cm³/mol. The van der Waals surface area contributed by atoms with Gasteiger partial charge >= 0.3 is 11.9 Å². The number of benzene rings is 2. The molecular formula is C23H27N3O6. The van der Waals surface area contributed by atoms with Gasteiger partial charge in [-0.2, -0.15) is 0 Å². The zero-order valence-corrected chi connectivity index (χ0v) is 17.7. The minimum atomic E-state index is -1.82. The second-order valence-corrected chi connectivity index (χ2v) is 7.99. The summed E-state index contributed by atoms with van der Waals surface area (Å²) in [5, 5.41) is 26.0. The summed E-state index contributed by atoms with van der Waals surface area (Å²) in [7, 11) is 0. The van der Waals surface area contributed by atoms with Crippen LogP contribution in [-0.4, -0.2) is 62.6 Å². The van der Waals surface area contributed by atoms with Crippen LogP contribution in [0.2, 0.25) is 0 Å². The molecule has 4 rings (SSSR count). The van der Waals surface area contributed by atoms with Crippen molar-refractivity contribution in [3.05, 3.63) is 75.3 Å². The van der Waals surface area contributed by atoms with E-state index in [2.05, 4.69) is 34.1 Å². The standard InChI is InChI=1S/C21H25N3O2.C2H2O4/c25-24(26)21-8-4-3-7-19(21)15-22-12-10-20(11-13-22)23-14-9-17-5-1-2-6-18(17)16-23;3-1(4)2(5)6/h1-8,20H,9-16H2;(H,3,4)(H,5,6). The van der Waals surface area contributed by atoms with E-state index >= 15 is 0 Å². The van der Waals surface area contributed by atoms with Crippen molar-refractivity contribution in [2.45, 2.75) is 38.4 Å². The summed E-state index contributed by atoms with van der Waals surface area (Å²) in [6.45, 7) is 4.90. The molecule has 2 N–H and O–H groups in total. The van der Waals surface area contributed by atoms with E-state index in [9.17, 15) is 10.1 Å². The second kappa shape index (κ2) is 10.8. The number of carboxylic acids is 2. The van der Waals surface area contributed by atoms with Gasteiger partial charge in [0.2, 0.25) is 0 Å². The van der Waals surface area contributed by atoms with Crippen molar-refractivity contribution in [3.63, 3.8) is 0 Å². The number of para-hydroxylation sites is 1. The molecule has 0 amide bonds. The zero-order chi connectivity index (χ0) is 23.1. The van der Waals surface area contributed by atoms with Gasteiger partial charge in [0.1, 0.15) is 0 Å². The average Bonchev–Trinajstić information content (AvgIpc) is 2.80. The summed E-state index contributed by atoms with van der Waals surface area (Å²) in [5.74, 6) is -3.65. The highest BCUT2D eigenvalue weighted by molar-refractivity contribution is 6.27. The van der Waals surface area contributed by atoms with Gasteiger partial charge in [-0.25, -0.2) is 9.59 Å². The Balaban J connectivity index is 0.000000427. The molecule has 0 bridgehead atoms. The predicted octanol–water partition coefficient (Wildman–Crippen LogP) is 2.77. The van der Waals surface area contributed by atoms with E-state index in [0.29, 0.717) is 12.6 Å². The highest BCUT2D eigenvalue weighted by atomic mass is 16.6. The Hall–Kier alpha value is -3.30. The first-order chi connectivity index (χ1) is 15.3. The summed E-state index contributed by atoms with van der Waals surface area (Å²) in [6.07, 6.45) is 3.43.